The monoisotopic (exact) mass is 416 g/mol. The summed E-state index contributed by atoms with van der Waals surface area (Å²) in [6.07, 6.45) is 7.43. The van der Waals surface area contributed by atoms with E-state index in [0.29, 0.717) is 3.92 Å². The van der Waals surface area contributed by atoms with E-state index in [0.717, 1.165) is 31.8 Å². The summed E-state index contributed by atoms with van der Waals surface area (Å²) in [7, 11) is 0. The Labute approximate surface area is 139 Å². The summed E-state index contributed by atoms with van der Waals surface area (Å²) in [5.41, 5.74) is 8.18. The molecule has 2 fully saturated rings. The number of fused-ring (bicyclic) bond motifs is 1. The number of hydrogen-bond donors (Lipinski definition) is 3. The van der Waals surface area contributed by atoms with Gasteiger partial charge in [-0.25, -0.2) is 0 Å². The van der Waals surface area contributed by atoms with Crippen molar-refractivity contribution in [2.45, 2.75) is 36.8 Å². The van der Waals surface area contributed by atoms with Crippen molar-refractivity contribution < 1.29 is 5.11 Å². The topological polar surface area (TPSA) is 76.6 Å². The van der Waals surface area contributed by atoms with Gasteiger partial charge in [-0.2, -0.15) is 0 Å². The van der Waals surface area contributed by atoms with Crippen molar-refractivity contribution in [2.24, 2.45) is 5.73 Å². The number of nitrogens with one attached hydrogen (secondary N) is 1. The molecule has 0 aromatic rings. The van der Waals surface area contributed by atoms with Gasteiger partial charge in [-0.3, -0.25) is 0 Å². The summed E-state index contributed by atoms with van der Waals surface area (Å²) in [5.74, 6) is 0.821. The number of amidine groups is 1. The Kier molecular flexibility index (Phi) is 4.49. The van der Waals surface area contributed by atoms with Crippen molar-refractivity contribution in [3.8, 4) is 0 Å². The molecule has 4 N–H and O–H groups in total. The third kappa shape index (κ3) is 2.78. The van der Waals surface area contributed by atoms with Crippen LogP contribution in [-0.2, 0) is 0 Å². The fourth-order valence-corrected chi connectivity index (χ4v) is 9.23. The second-order valence-electron chi connectivity index (χ2n) is 5.84. The third-order valence-electron chi connectivity index (χ3n) is 4.52. The number of allylic oxidation sites excluding steroid dienone is 4. The van der Waals surface area contributed by atoms with Gasteiger partial charge in [0.25, 0.3) is 0 Å². The van der Waals surface area contributed by atoms with E-state index in [-0.39, 0.29) is 0 Å². The average molecular weight is 416 g/mol. The van der Waals surface area contributed by atoms with E-state index in [1.807, 2.05) is 4.90 Å². The molecule has 1 aliphatic carbocycles. The Hall–Kier alpha value is -1.02. The van der Waals surface area contributed by atoms with Crippen molar-refractivity contribution in [1.29, 1.82) is 5.41 Å². The summed E-state index contributed by atoms with van der Waals surface area (Å²) in [4.78, 5) is 4.18. The predicted molar refractivity (Wildman–Crippen MR) is 98.8 cm³/mol. The van der Waals surface area contributed by atoms with Crippen molar-refractivity contribution in [1.82, 2.24) is 9.80 Å². The molecule has 0 radical (unpaired) electrons. The summed E-state index contributed by atoms with van der Waals surface area (Å²) in [6.45, 7) is 5.51. The molecule has 0 amide bonds. The van der Waals surface area contributed by atoms with Crippen LogP contribution >= 0.6 is 19.8 Å². The first-order valence-electron chi connectivity index (χ1n) is 7.82. The van der Waals surface area contributed by atoms with Crippen LogP contribution in [0.2, 0.25) is 0 Å². The Bertz CT molecular complexity index is 566. The first kappa shape index (κ1) is 15.9. The Morgan fingerprint density at radius 3 is 2.86 bits per heavy atom. The molecular weight excluding hydrogens is 391 g/mol. The van der Waals surface area contributed by atoms with Crippen molar-refractivity contribution >= 4 is 25.7 Å². The number of nitrogens with two attached hydrogens (primary N) is 1. The van der Waals surface area contributed by atoms with Gasteiger partial charge < -0.3 is 0 Å². The molecule has 2 heterocycles. The zero-order valence-corrected chi connectivity index (χ0v) is 15.4. The molecule has 2 atom stereocenters. The Balaban J connectivity index is 1.77. The average Bonchev–Trinajstić information content (AvgIpc) is 3.30. The maximum absolute atomic E-state index is 9.83. The van der Waals surface area contributed by atoms with E-state index in [4.69, 9.17) is 11.1 Å². The van der Waals surface area contributed by atoms with Gasteiger partial charge in [0, 0.05) is 0 Å². The van der Waals surface area contributed by atoms with Gasteiger partial charge >= 0.3 is 139 Å². The summed E-state index contributed by atoms with van der Waals surface area (Å²) >= 11 is -1.03. The zero-order valence-electron chi connectivity index (χ0n) is 13.2. The van der Waals surface area contributed by atoms with Crippen LogP contribution in [0.4, 0.5) is 0 Å². The molecule has 2 aliphatic heterocycles. The molecule has 3 aliphatic rings. The molecule has 3 rings (SSSR count). The maximum atomic E-state index is 9.83. The number of aliphatic hydroxyl groups is 1. The van der Waals surface area contributed by atoms with E-state index in [9.17, 15) is 5.11 Å². The normalized spacial score (nSPS) is 29.0. The van der Waals surface area contributed by atoms with Gasteiger partial charge in [0.2, 0.25) is 0 Å². The second-order valence-corrected chi connectivity index (χ2v) is 11.9. The fraction of sp³-hybridized carbons (Fsp3) is 0.562. The van der Waals surface area contributed by atoms with E-state index >= 15 is 0 Å². The van der Waals surface area contributed by atoms with E-state index in [2.05, 4.69) is 24.0 Å². The molecular formula is C16H25IN4O. The van der Waals surface area contributed by atoms with Crippen LogP contribution in [0.15, 0.2) is 33.3 Å². The van der Waals surface area contributed by atoms with E-state index in [1.165, 1.54) is 19.4 Å². The number of halogens is 1. The van der Waals surface area contributed by atoms with Crippen molar-refractivity contribution in [2.75, 3.05) is 17.5 Å². The molecule has 0 saturated carbocycles. The van der Waals surface area contributed by atoms with Crippen LogP contribution in [0.25, 0.3) is 0 Å². The van der Waals surface area contributed by atoms with Crippen molar-refractivity contribution in [3.05, 3.63) is 33.3 Å². The number of hydrogen-bond acceptors (Lipinski definition) is 4. The number of nitrogens with zero attached hydrogens (tertiary/aromatic N) is 2. The summed E-state index contributed by atoms with van der Waals surface area (Å²) in [6, 6.07) is 0. The van der Waals surface area contributed by atoms with Gasteiger partial charge in [0.05, 0.1) is 0 Å². The number of aliphatic hydroxyl groups excluding tert-OH is 1. The zero-order chi connectivity index (χ0) is 15.9. The SMILES string of the molecule is CCN(C1=CC=C(N2C/C(=C/N)I3CC3C2=N)CC1)C(C)O. The Morgan fingerprint density at radius 2 is 2.32 bits per heavy atom. The third-order valence-corrected chi connectivity index (χ3v) is 10.5. The molecule has 22 heavy (non-hydrogen) atoms. The predicted octanol–water partition coefficient (Wildman–Crippen LogP) is 2.19. The van der Waals surface area contributed by atoms with Crippen molar-refractivity contribution in [3.63, 3.8) is 0 Å². The molecule has 0 spiro atoms. The van der Waals surface area contributed by atoms with E-state index < -0.39 is 26.0 Å². The molecule has 0 aromatic heterocycles. The van der Waals surface area contributed by atoms with Crippen LogP contribution in [0.3, 0.4) is 0 Å². The number of alkyl halides is 2. The van der Waals surface area contributed by atoms with Gasteiger partial charge in [-0.05, 0) is 0 Å². The molecule has 0 bridgehead atoms. The first-order chi connectivity index (χ1) is 10.6. The number of rotatable bonds is 4. The minimum absolute atomic E-state index is 0.453. The van der Waals surface area contributed by atoms with Gasteiger partial charge in [0.1, 0.15) is 0 Å². The summed E-state index contributed by atoms with van der Waals surface area (Å²) in [5, 5.41) is 18.3. The van der Waals surface area contributed by atoms with E-state index in [1.54, 1.807) is 13.1 Å². The van der Waals surface area contributed by atoms with Crippen LogP contribution in [0.1, 0.15) is 26.7 Å². The molecule has 122 valence electrons. The molecule has 6 heteroatoms. The van der Waals surface area contributed by atoms with Gasteiger partial charge in [0.15, 0.2) is 0 Å². The molecule has 5 nitrogen and oxygen atoms in total. The standard InChI is InChI=1S/C16H25IN4O/c1-3-20(11(2)22)13-4-6-14(7-5-13)21-10-12(9-18)17-8-15(17)16(21)19/h4,6,9,11,15,19,22H,3,5,7-8,10,18H2,1-2H3/b12-9-,19-16?. The summed E-state index contributed by atoms with van der Waals surface area (Å²) < 4.78 is 3.20. The van der Waals surface area contributed by atoms with Gasteiger partial charge in [-0.15, -0.1) is 0 Å². The van der Waals surface area contributed by atoms with Crippen LogP contribution in [0, 0.1) is 5.41 Å². The van der Waals surface area contributed by atoms with Crippen LogP contribution in [0.5, 0.6) is 0 Å². The minimum atomic E-state index is -1.03. The molecule has 2 saturated heterocycles. The fourth-order valence-electron chi connectivity index (χ4n) is 3.24. The quantitative estimate of drug-likeness (QED) is 0.373. The second kappa shape index (κ2) is 6.23. The van der Waals surface area contributed by atoms with Crippen LogP contribution in [-0.4, -0.2) is 48.4 Å². The molecule has 2 unspecified atom stereocenters. The van der Waals surface area contributed by atoms with Gasteiger partial charge in [-0.1, -0.05) is 0 Å². The van der Waals surface area contributed by atoms with Crippen LogP contribution < -0.4 is 5.73 Å². The first-order valence-corrected chi connectivity index (χ1v) is 11.7. The Morgan fingerprint density at radius 1 is 1.55 bits per heavy atom. The molecule has 0 aromatic carbocycles.